The van der Waals surface area contributed by atoms with Gasteiger partial charge in [-0.15, -0.1) is 0 Å². The third-order valence-electron chi connectivity index (χ3n) is 7.84. The third-order valence-corrected chi connectivity index (χ3v) is 8.88. The Kier molecular flexibility index (Phi) is 5.34. The smallest absolute Gasteiger partial charge is 0.235 e. The quantitative estimate of drug-likeness (QED) is 0.597. The topological polar surface area (TPSA) is 36.4 Å². The van der Waals surface area contributed by atoms with E-state index in [4.69, 9.17) is 4.98 Å². The van der Waals surface area contributed by atoms with Gasteiger partial charge in [-0.05, 0) is 87.6 Å². The number of fused-ring (bicyclic) bond motifs is 1. The second-order valence-electron chi connectivity index (χ2n) is 9.79. The molecule has 162 valence electrons. The first-order chi connectivity index (χ1) is 14.5. The van der Waals surface area contributed by atoms with E-state index in [9.17, 15) is 9.18 Å². The average Bonchev–Trinajstić information content (AvgIpc) is 3.12. The Morgan fingerprint density at radius 1 is 1.10 bits per heavy atom. The summed E-state index contributed by atoms with van der Waals surface area (Å²) in [4.78, 5) is 23.2. The number of nitrogens with zero attached hydrogens (tertiary/aromatic N) is 3. The predicted molar refractivity (Wildman–Crippen MR) is 120 cm³/mol. The number of benzene rings is 1. The largest absolute Gasteiger partial charge is 0.302 e. The summed E-state index contributed by atoms with van der Waals surface area (Å²) in [5.74, 6) is 2.23. The molecule has 4 bridgehead atoms. The van der Waals surface area contributed by atoms with Gasteiger partial charge in [-0.1, -0.05) is 25.2 Å². The second kappa shape index (κ2) is 7.86. The van der Waals surface area contributed by atoms with Crippen LogP contribution in [-0.4, -0.2) is 42.0 Å². The highest BCUT2D eigenvalue weighted by Crippen LogP contribution is 2.60. The molecule has 1 amide bonds. The van der Waals surface area contributed by atoms with Crippen molar-refractivity contribution in [3.05, 3.63) is 24.0 Å². The Hall–Kier alpha value is -1.53. The zero-order chi connectivity index (χ0) is 20.9. The van der Waals surface area contributed by atoms with Gasteiger partial charge in [-0.3, -0.25) is 9.69 Å². The Labute approximate surface area is 182 Å². The standard InChI is InChI=1S/C24H32FN3OS/c1-3-27(4-2)7-8-28(23-26-20-6-5-19(25)12-21(20)30-23)22(29)24-13-16-9-17(14-24)11-18(10-16)15-24/h5-6,12,16-18H,3-4,7-11,13-15H2,1-2H3. The van der Waals surface area contributed by atoms with Gasteiger partial charge in [-0.25, -0.2) is 9.37 Å². The van der Waals surface area contributed by atoms with Crippen LogP contribution in [0.25, 0.3) is 10.2 Å². The van der Waals surface area contributed by atoms with Gasteiger partial charge in [-0.2, -0.15) is 0 Å². The number of thiazole rings is 1. The van der Waals surface area contributed by atoms with Crippen molar-refractivity contribution in [2.75, 3.05) is 31.1 Å². The number of carbonyl (C=O) groups is 1. The fraction of sp³-hybridized carbons (Fsp3) is 0.667. The molecule has 4 saturated carbocycles. The summed E-state index contributed by atoms with van der Waals surface area (Å²) in [5, 5.41) is 0.739. The fourth-order valence-corrected chi connectivity index (χ4v) is 7.74. The molecule has 0 spiro atoms. The van der Waals surface area contributed by atoms with Gasteiger partial charge in [0.2, 0.25) is 5.91 Å². The Morgan fingerprint density at radius 3 is 2.33 bits per heavy atom. The number of halogens is 1. The van der Waals surface area contributed by atoms with Crippen LogP contribution in [0.3, 0.4) is 0 Å². The van der Waals surface area contributed by atoms with Crippen molar-refractivity contribution in [1.29, 1.82) is 0 Å². The number of amides is 1. The van der Waals surface area contributed by atoms with Crippen LogP contribution >= 0.6 is 11.3 Å². The molecule has 1 heterocycles. The summed E-state index contributed by atoms with van der Waals surface area (Å²) < 4.78 is 14.6. The second-order valence-corrected chi connectivity index (χ2v) is 10.8. The predicted octanol–water partition coefficient (Wildman–Crippen LogP) is 5.33. The molecule has 0 saturated heterocycles. The lowest BCUT2D eigenvalue weighted by Gasteiger charge is -2.56. The molecule has 4 aliphatic rings. The average molecular weight is 430 g/mol. The molecule has 0 radical (unpaired) electrons. The van der Waals surface area contributed by atoms with Gasteiger partial charge in [0.05, 0.1) is 15.6 Å². The van der Waals surface area contributed by atoms with Gasteiger partial charge >= 0.3 is 0 Å². The summed E-state index contributed by atoms with van der Waals surface area (Å²) in [6.07, 6.45) is 7.14. The Morgan fingerprint density at radius 2 is 1.73 bits per heavy atom. The maximum atomic E-state index is 14.1. The van der Waals surface area contributed by atoms with Crippen LogP contribution in [0.2, 0.25) is 0 Å². The highest BCUT2D eigenvalue weighted by atomic mass is 32.1. The zero-order valence-corrected chi connectivity index (χ0v) is 18.9. The summed E-state index contributed by atoms with van der Waals surface area (Å²) >= 11 is 1.45. The number of carbonyl (C=O) groups excluding carboxylic acids is 1. The Balaban J connectivity index is 1.48. The minimum atomic E-state index is -0.250. The molecule has 0 unspecified atom stereocenters. The molecular formula is C24H32FN3OS. The van der Waals surface area contributed by atoms with E-state index < -0.39 is 0 Å². The molecule has 2 aromatic rings. The van der Waals surface area contributed by atoms with E-state index in [1.165, 1.54) is 42.7 Å². The number of likely N-dealkylation sites (N-methyl/N-ethyl adjacent to an activating group) is 1. The van der Waals surface area contributed by atoms with Crippen LogP contribution < -0.4 is 4.90 Å². The van der Waals surface area contributed by atoms with Crippen molar-refractivity contribution in [3.8, 4) is 0 Å². The van der Waals surface area contributed by atoms with Crippen LogP contribution in [0, 0.1) is 29.0 Å². The van der Waals surface area contributed by atoms with Crippen molar-refractivity contribution < 1.29 is 9.18 Å². The summed E-state index contributed by atoms with van der Waals surface area (Å²) in [6.45, 7) is 7.77. The molecule has 6 rings (SSSR count). The van der Waals surface area contributed by atoms with Crippen LogP contribution in [-0.2, 0) is 4.79 Å². The van der Waals surface area contributed by atoms with Gasteiger partial charge in [0.25, 0.3) is 0 Å². The molecule has 1 aromatic heterocycles. The monoisotopic (exact) mass is 429 g/mol. The molecule has 0 N–H and O–H groups in total. The number of aromatic nitrogens is 1. The molecule has 4 aliphatic carbocycles. The highest BCUT2D eigenvalue weighted by molar-refractivity contribution is 7.22. The van der Waals surface area contributed by atoms with Crippen molar-refractivity contribution in [3.63, 3.8) is 0 Å². The van der Waals surface area contributed by atoms with Crippen LogP contribution in [0.1, 0.15) is 52.4 Å². The molecule has 4 nitrogen and oxygen atoms in total. The maximum Gasteiger partial charge on any atom is 0.235 e. The maximum absolute atomic E-state index is 14.1. The number of rotatable bonds is 7. The van der Waals surface area contributed by atoms with E-state index in [0.29, 0.717) is 6.54 Å². The first-order valence-electron chi connectivity index (χ1n) is 11.6. The Bertz CT molecular complexity index is 902. The lowest BCUT2D eigenvalue weighted by atomic mass is 9.49. The molecule has 30 heavy (non-hydrogen) atoms. The third kappa shape index (κ3) is 3.56. The lowest BCUT2D eigenvalue weighted by Crippen LogP contribution is -2.55. The fourth-order valence-electron chi connectivity index (χ4n) is 6.73. The molecular weight excluding hydrogens is 397 g/mol. The van der Waals surface area contributed by atoms with E-state index in [1.54, 1.807) is 6.07 Å². The molecule has 0 atom stereocenters. The normalized spacial score (nSPS) is 29.8. The number of hydrogen-bond donors (Lipinski definition) is 0. The van der Waals surface area contributed by atoms with E-state index in [-0.39, 0.29) is 17.1 Å². The highest BCUT2D eigenvalue weighted by Gasteiger charge is 2.56. The SMILES string of the molecule is CCN(CC)CCN(C(=O)C12CC3CC(CC(C3)C1)C2)c1nc2ccc(F)cc2s1. The van der Waals surface area contributed by atoms with E-state index in [0.717, 1.165) is 72.0 Å². The number of hydrogen-bond acceptors (Lipinski definition) is 4. The van der Waals surface area contributed by atoms with Crippen molar-refractivity contribution in [1.82, 2.24) is 9.88 Å². The van der Waals surface area contributed by atoms with Crippen LogP contribution in [0.5, 0.6) is 0 Å². The number of anilines is 1. The molecule has 4 fully saturated rings. The van der Waals surface area contributed by atoms with Crippen molar-refractivity contribution >= 4 is 32.6 Å². The summed E-state index contributed by atoms with van der Waals surface area (Å²) in [6, 6.07) is 4.71. The molecule has 6 heteroatoms. The van der Waals surface area contributed by atoms with Crippen molar-refractivity contribution in [2.45, 2.75) is 52.4 Å². The van der Waals surface area contributed by atoms with Crippen LogP contribution in [0.15, 0.2) is 18.2 Å². The summed E-state index contributed by atoms with van der Waals surface area (Å²) in [7, 11) is 0. The van der Waals surface area contributed by atoms with Crippen molar-refractivity contribution in [2.24, 2.45) is 23.2 Å². The minimum Gasteiger partial charge on any atom is -0.302 e. The summed E-state index contributed by atoms with van der Waals surface area (Å²) in [5.41, 5.74) is 0.587. The van der Waals surface area contributed by atoms with Crippen LogP contribution in [0.4, 0.5) is 9.52 Å². The molecule has 1 aromatic carbocycles. The first-order valence-corrected chi connectivity index (χ1v) is 12.4. The first kappa shape index (κ1) is 20.4. The molecule has 0 aliphatic heterocycles. The minimum absolute atomic E-state index is 0.193. The lowest BCUT2D eigenvalue weighted by molar-refractivity contribution is -0.143. The van der Waals surface area contributed by atoms with Gasteiger partial charge in [0, 0.05) is 13.1 Å². The van der Waals surface area contributed by atoms with Gasteiger partial charge in [0.1, 0.15) is 5.82 Å². The zero-order valence-electron chi connectivity index (χ0n) is 18.1. The van der Waals surface area contributed by atoms with Gasteiger partial charge < -0.3 is 4.90 Å². The van der Waals surface area contributed by atoms with E-state index in [2.05, 4.69) is 18.7 Å². The van der Waals surface area contributed by atoms with E-state index in [1.807, 2.05) is 4.90 Å². The van der Waals surface area contributed by atoms with E-state index >= 15 is 0 Å². The van der Waals surface area contributed by atoms with Gasteiger partial charge in [0.15, 0.2) is 5.13 Å².